The summed E-state index contributed by atoms with van der Waals surface area (Å²) >= 11 is 5.33. The Labute approximate surface area is 209 Å². The van der Waals surface area contributed by atoms with Gasteiger partial charge in [-0.25, -0.2) is 0 Å². The van der Waals surface area contributed by atoms with Crippen LogP contribution < -0.4 is 24.8 Å². The SMILES string of the molecule is COc1cc2nccc(Oc3ccc(NC(=S)NC(=O)c4ccc(C)cc4)c(C)c3)c2cc1OC. The lowest BCUT2D eigenvalue weighted by Gasteiger charge is -2.15. The van der Waals surface area contributed by atoms with Crippen LogP contribution in [0.3, 0.4) is 0 Å². The van der Waals surface area contributed by atoms with Crippen LogP contribution in [0.25, 0.3) is 10.9 Å². The van der Waals surface area contributed by atoms with E-state index in [0.717, 1.165) is 27.7 Å². The van der Waals surface area contributed by atoms with Crippen molar-refractivity contribution in [2.24, 2.45) is 0 Å². The number of rotatable bonds is 6. The zero-order chi connectivity index (χ0) is 24.9. The van der Waals surface area contributed by atoms with Crippen LogP contribution in [0.1, 0.15) is 21.5 Å². The molecule has 1 aromatic heterocycles. The molecule has 1 heterocycles. The molecule has 0 fully saturated rings. The topological polar surface area (TPSA) is 81.7 Å². The van der Waals surface area contributed by atoms with E-state index in [4.69, 9.17) is 26.4 Å². The van der Waals surface area contributed by atoms with E-state index in [2.05, 4.69) is 15.6 Å². The smallest absolute Gasteiger partial charge is 0.257 e. The number of methoxy groups -OCH3 is 2. The number of carbonyl (C=O) groups excluding carboxylic acids is 1. The Morgan fingerprint density at radius 2 is 1.60 bits per heavy atom. The number of thiocarbonyl (C=S) groups is 1. The maximum absolute atomic E-state index is 12.4. The first-order chi connectivity index (χ1) is 16.9. The largest absolute Gasteiger partial charge is 0.493 e. The van der Waals surface area contributed by atoms with Gasteiger partial charge in [0.15, 0.2) is 16.6 Å². The highest BCUT2D eigenvalue weighted by Crippen LogP contribution is 2.37. The van der Waals surface area contributed by atoms with Crippen molar-refractivity contribution in [2.75, 3.05) is 19.5 Å². The molecule has 0 saturated carbocycles. The molecule has 3 aromatic carbocycles. The second kappa shape index (κ2) is 10.4. The lowest BCUT2D eigenvalue weighted by atomic mass is 10.1. The van der Waals surface area contributed by atoms with Crippen molar-refractivity contribution in [2.45, 2.75) is 13.8 Å². The number of amides is 1. The van der Waals surface area contributed by atoms with Crippen molar-refractivity contribution in [1.82, 2.24) is 10.3 Å². The van der Waals surface area contributed by atoms with E-state index < -0.39 is 0 Å². The second-order valence-electron chi connectivity index (χ2n) is 7.89. The van der Waals surface area contributed by atoms with Crippen LogP contribution in [0, 0.1) is 13.8 Å². The maximum Gasteiger partial charge on any atom is 0.257 e. The highest BCUT2D eigenvalue weighted by Gasteiger charge is 2.13. The number of nitrogens with one attached hydrogen (secondary N) is 2. The zero-order valence-electron chi connectivity index (χ0n) is 19.8. The van der Waals surface area contributed by atoms with Gasteiger partial charge in [-0.1, -0.05) is 17.7 Å². The van der Waals surface area contributed by atoms with E-state index in [9.17, 15) is 4.79 Å². The molecule has 0 aliphatic heterocycles. The summed E-state index contributed by atoms with van der Waals surface area (Å²) in [6, 6.07) is 18.3. The summed E-state index contributed by atoms with van der Waals surface area (Å²) in [5.74, 6) is 2.20. The average molecular weight is 488 g/mol. The summed E-state index contributed by atoms with van der Waals surface area (Å²) in [4.78, 5) is 16.8. The van der Waals surface area contributed by atoms with Gasteiger partial charge in [0.2, 0.25) is 0 Å². The Hall–Kier alpha value is -4.17. The number of aromatic nitrogens is 1. The molecule has 0 spiro atoms. The summed E-state index contributed by atoms with van der Waals surface area (Å²) in [7, 11) is 3.17. The summed E-state index contributed by atoms with van der Waals surface area (Å²) in [6.07, 6.45) is 1.68. The predicted octanol–water partition coefficient (Wildman–Crippen LogP) is 5.79. The van der Waals surface area contributed by atoms with E-state index in [1.165, 1.54) is 0 Å². The Bertz CT molecular complexity index is 1400. The maximum atomic E-state index is 12.4. The van der Waals surface area contributed by atoms with Crippen LogP contribution in [0.2, 0.25) is 0 Å². The molecule has 7 nitrogen and oxygen atoms in total. The number of aryl methyl sites for hydroxylation is 2. The molecule has 0 atom stereocenters. The van der Waals surface area contributed by atoms with Crippen molar-refractivity contribution in [1.29, 1.82) is 0 Å². The summed E-state index contributed by atoms with van der Waals surface area (Å²) in [5.41, 5.74) is 4.01. The predicted molar refractivity (Wildman–Crippen MR) is 141 cm³/mol. The molecule has 0 saturated heterocycles. The van der Waals surface area contributed by atoms with E-state index in [1.807, 2.05) is 56.3 Å². The fraction of sp³-hybridized carbons (Fsp3) is 0.148. The molecule has 0 radical (unpaired) electrons. The van der Waals surface area contributed by atoms with Crippen molar-refractivity contribution >= 4 is 39.8 Å². The van der Waals surface area contributed by atoms with Gasteiger partial charge in [-0.15, -0.1) is 0 Å². The van der Waals surface area contributed by atoms with Crippen LogP contribution in [0.4, 0.5) is 5.69 Å². The molecule has 1 amide bonds. The van der Waals surface area contributed by atoms with Gasteiger partial charge in [-0.05, 0) is 74.1 Å². The summed E-state index contributed by atoms with van der Waals surface area (Å²) in [5, 5.41) is 6.79. The molecule has 0 aliphatic rings. The molecule has 8 heteroatoms. The zero-order valence-corrected chi connectivity index (χ0v) is 20.7. The van der Waals surface area contributed by atoms with Gasteiger partial charge >= 0.3 is 0 Å². The van der Waals surface area contributed by atoms with E-state index >= 15 is 0 Å². The Morgan fingerprint density at radius 1 is 0.886 bits per heavy atom. The van der Waals surface area contributed by atoms with E-state index in [0.29, 0.717) is 28.6 Å². The minimum absolute atomic E-state index is 0.216. The molecular weight excluding hydrogens is 462 g/mol. The first-order valence-electron chi connectivity index (χ1n) is 10.9. The highest BCUT2D eigenvalue weighted by atomic mass is 32.1. The third-order valence-corrected chi connectivity index (χ3v) is 5.63. The third-order valence-electron chi connectivity index (χ3n) is 5.42. The molecular formula is C27H25N3O4S. The average Bonchev–Trinajstić information content (AvgIpc) is 2.85. The molecule has 2 N–H and O–H groups in total. The van der Waals surface area contributed by atoms with E-state index in [1.54, 1.807) is 38.6 Å². The number of nitrogens with zero attached hydrogens (tertiary/aromatic N) is 1. The standard InChI is InChI=1S/C27H25N3O4S/c1-16-5-7-18(8-6-16)26(31)30-27(35)29-21-10-9-19(13-17(21)2)34-23-11-12-28-22-15-25(33-4)24(32-3)14-20(22)23/h5-15H,1-4H3,(H2,29,30,31,35). The van der Waals surface area contributed by atoms with Crippen molar-refractivity contribution in [3.05, 3.63) is 83.6 Å². The minimum atomic E-state index is -0.267. The fourth-order valence-electron chi connectivity index (χ4n) is 3.54. The molecule has 0 unspecified atom stereocenters. The molecule has 178 valence electrons. The van der Waals surface area contributed by atoms with Gasteiger partial charge in [0.05, 0.1) is 19.7 Å². The van der Waals surface area contributed by atoms with Gasteiger partial charge in [-0.3, -0.25) is 15.1 Å². The quantitative estimate of drug-likeness (QED) is 0.333. The minimum Gasteiger partial charge on any atom is -0.493 e. The molecule has 4 aromatic rings. The van der Waals surface area contributed by atoms with Crippen molar-refractivity contribution < 1.29 is 19.0 Å². The fourth-order valence-corrected chi connectivity index (χ4v) is 3.74. The third kappa shape index (κ3) is 5.50. The van der Waals surface area contributed by atoms with E-state index in [-0.39, 0.29) is 11.0 Å². The molecule has 4 rings (SSSR count). The van der Waals surface area contributed by atoms with Gasteiger partial charge in [0.1, 0.15) is 11.5 Å². The Morgan fingerprint density at radius 3 is 2.29 bits per heavy atom. The lowest BCUT2D eigenvalue weighted by Crippen LogP contribution is -2.34. The number of benzene rings is 3. The van der Waals surface area contributed by atoms with Gasteiger partial charge < -0.3 is 19.5 Å². The van der Waals surface area contributed by atoms with Gasteiger partial charge in [0, 0.05) is 28.9 Å². The first kappa shape index (κ1) is 24.0. The van der Waals surface area contributed by atoms with Crippen LogP contribution >= 0.6 is 12.2 Å². The summed E-state index contributed by atoms with van der Waals surface area (Å²) < 4.78 is 17.0. The molecule has 0 aliphatic carbocycles. The number of hydrogen-bond donors (Lipinski definition) is 2. The summed E-state index contributed by atoms with van der Waals surface area (Å²) in [6.45, 7) is 3.90. The second-order valence-corrected chi connectivity index (χ2v) is 8.29. The number of anilines is 1. The van der Waals surface area contributed by atoms with Crippen molar-refractivity contribution in [3.63, 3.8) is 0 Å². The van der Waals surface area contributed by atoms with Crippen LogP contribution in [-0.2, 0) is 0 Å². The molecule has 0 bridgehead atoms. The van der Waals surface area contributed by atoms with Crippen LogP contribution in [-0.4, -0.2) is 30.2 Å². The Balaban J connectivity index is 1.48. The van der Waals surface area contributed by atoms with Crippen LogP contribution in [0.15, 0.2) is 66.9 Å². The lowest BCUT2D eigenvalue weighted by molar-refractivity contribution is 0.0977. The highest BCUT2D eigenvalue weighted by molar-refractivity contribution is 7.80. The van der Waals surface area contributed by atoms with Crippen molar-refractivity contribution in [3.8, 4) is 23.0 Å². The Kier molecular flexibility index (Phi) is 7.12. The number of ether oxygens (including phenoxy) is 3. The number of pyridine rings is 1. The number of fused-ring (bicyclic) bond motifs is 1. The first-order valence-corrected chi connectivity index (χ1v) is 11.3. The normalized spacial score (nSPS) is 10.5. The number of carbonyl (C=O) groups is 1. The molecule has 35 heavy (non-hydrogen) atoms. The monoisotopic (exact) mass is 487 g/mol. The van der Waals surface area contributed by atoms with Gasteiger partial charge in [0.25, 0.3) is 5.91 Å². The van der Waals surface area contributed by atoms with Crippen LogP contribution in [0.5, 0.6) is 23.0 Å². The van der Waals surface area contributed by atoms with Gasteiger partial charge in [-0.2, -0.15) is 0 Å². The number of hydrogen-bond acceptors (Lipinski definition) is 6.